The van der Waals surface area contributed by atoms with Crippen molar-refractivity contribution < 1.29 is 4.39 Å². The summed E-state index contributed by atoms with van der Waals surface area (Å²) in [5.74, 6) is -0.240. The van der Waals surface area contributed by atoms with Crippen LogP contribution >= 0.6 is 0 Å². The van der Waals surface area contributed by atoms with Gasteiger partial charge < -0.3 is 0 Å². The van der Waals surface area contributed by atoms with Crippen LogP contribution in [0.15, 0.2) is 30.3 Å². The van der Waals surface area contributed by atoms with E-state index in [1.54, 1.807) is 6.07 Å². The van der Waals surface area contributed by atoms with E-state index >= 15 is 0 Å². The number of hydrogen-bond donors (Lipinski definition) is 0. The first-order chi connectivity index (χ1) is 7.74. The normalized spacial score (nSPS) is 11.4. The Morgan fingerprint density at radius 2 is 2.12 bits per heavy atom. The summed E-state index contributed by atoms with van der Waals surface area (Å²) in [6.07, 6.45) is 4.84. The Morgan fingerprint density at radius 3 is 2.81 bits per heavy atom. The second-order valence-corrected chi connectivity index (χ2v) is 3.72. The molecule has 0 atom stereocenters. The summed E-state index contributed by atoms with van der Waals surface area (Å²) in [5, 5.41) is 0.992. The lowest BCUT2D eigenvalue weighted by atomic mass is 10.1. The van der Waals surface area contributed by atoms with Gasteiger partial charge in [0, 0.05) is 11.5 Å². The Balaban J connectivity index is 2.70. The van der Waals surface area contributed by atoms with E-state index in [4.69, 9.17) is 0 Å². The van der Waals surface area contributed by atoms with Gasteiger partial charge >= 0.3 is 0 Å². The summed E-state index contributed by atoms with van der Waals surface area (Å²) >= 11 is 0. The molecule has 1 nitrogen and oxygen atoms in total. The highest BCUT2D eigenvalue weighted by Gasteiger charge is 2.03. The zero-order chi connectivity index (χ0) is 11.5. The zero-order valence-corrected chi connectivity index (χ0v) is 9.50. The van der Waals surface area contributed by atoms with Gasteiger partial charge in [-0.3, -0.25) is 0 Å². The van der Waals surface area contributed by atoms with Crippen LogP contribution in [-0.4, -0.2) is 4.98 Å². The maximum Gasteiger partial charge on any atom is 0.125 e. The number of aryl methyl sites for hydroxylation is 1. The molecular formula is C14H14FN. The molecule has 0 N–H and O–H groups in total. The summed E-state index contributed by atoms with van der Waals surface area (Å²) in [4.78, 5) is 4.47. The van der Waals surface area contributed by atoms with E-state index in [1.807, 2.05) is 19.1 Å². The third kappa shape index (κ3) is 1.96. The molecule has 0 radical (unpaired) electrons. The Hall–Kier alpha value is -1.70. The number of allylic oxidation sites excluding steroid dienone is 1. The second kappa shape index (κ2) is 4.44. The number of hydrogen-bond acceptors (Lipinski definition) is 1. The predicted molar refractivity (Wildman–Crippen MR) is 65.8 cm³/mol. The number of halogens is 1. The minimum absolute atomic E-state index is 0.240. The van der Waals surface area contributed by atoms with E-state index in [-0.39, 0.29) is 5.82 Å². The minimum Gasteiger partial charge on any atom is -0.248 e. The van der Waals surface area contributed by atoms with Crippen LogP contribution in [0.4, 0.5) is 4.39 Å². The van der Waals surface area contributed by atoms with Gasteiger partial charge in [0.25, 0.3) is 0 Å². The van der Waals surface area contributed by atoms with Crippen molar-refractivity contribution in [1.82, 2.24) is 4.98 Å². The first-order valence-electron chi connectivity index (χ1n) is 5.46. The molecule has 1 heterocycles. The first-order valence-corrected chi connectivity index (χ1v) is 5.46. The van der Waals surface area contributed by atoms with E-state index in [1.165, 1.54) is 17.7 Å². The topological polar surface area (TPSA) is 12.9 Å². The lowest BCUT2D eigenvalue weighted by molar-refractivity contribution is 0.629. The standard InChI is InChI=1S/C14H14FN/c1-3-5-13-10(4-2)8-11-6-7-12(15)9-14(11)16-13/h3,5-9H,4H2,1-2H3/b5-3+. The highest BCUT2D eigenvalue weighted by molar-refractivity contribution is 5.81. The van der Waals surface area contributed by atoms with Crippen LogP contribution in [0.3, 0.4) is 0 Å². The molecule has 0 saturated carbocycles. The summed E-state index contributed by atoms with van der Waals surface area (Å²) in [5.41, 5.74) is 2.84. The van der Waals surface area contributed by atoms with E-state index < -0.39 is 0 Å². The van der Waals surface area contributed by atoms with Crippen molar-refractivity contribution in [2.24, 2.45) is 0 Å². The largest absolute Gasteiger partial charge is 0.248 e. The van der Waals surface area contributed by atoms with Gasteiger partial charge in [-0.2, -0.15) is 0 Å². The average Bonchev–Trinajstić information content (AvgIpc) is 2.28. The fraction of sp³-hybridized carbons (Fsp3) is 0.214. The minimum atomic E-state index is -0.240. The molecule has 0 bridgehead atoms. The van der Waals surface area contributed by atoms with Crippen molar-refractivity contribution in [2.75, 3.05) is 0 Å². The average molecular weight is 215 g/mol. The predicted octanol–water partition coefficient (Wildman–Crippen LogP) is 3.97. The quantitative estimate of drug-likeness (QED) is 0.738. The van der Waals surface area contributed by atoms with Gasteiger partial charge in [-0.15, -0.1) is 0 Å². The molecule has 0 aliphatic carbocycles. The van der Waals surface area contributed by atoms with Gasteiger partial charge in [-0.25, -0.2) is 9.37 Å². The molecular weight excluding hydrogens is 201 g/mol. The van der Waals surface area contributed by atoms with Crippen LogP contribution in [0.5, 0.6) is 0 Å². The Labute approximate surface area is 94.6 Å². The van der Waals surface area contributed by atoms with E-state index in [2.05, 4.69) is 18.0 Å². The van der Waals surface area contributed by atoms with Crippen LogP contribution in [-0.2, 0) is 6.42 Å². The third-order valence-corrected chi connectivity index (χ3v) is 2.60. The first kappa shape index (κ1) is 10.8. The monoisotopic (exact) mass is 215 g/mol. The number of pyridine rings is 1. The molecule has 0 unspecified atom stereocenters. The highest BCUT2D eigenvalue weighted by Crippen LogP contribution is 2.19. The molecule has 1 aromatic carbocycles. The molecule has 2 aromatic rings. The fourth-order valence-electron chi connectivity index (χ4n) is 1.78. The molecule has 16 heavy (non-hydrogen) atoms. The number of rotatable bonds is 2. The summed E-state index contributed by atoms with van der Waals surface area (Å²) in [7, 11) is 0. The highest BCUT2D eigenvalue weighted by atomic mass is 19.1. The molecule has 1 aromatic heterocycles. The maximum absolute atomic E-state index is 13.1. The van der Waals surface area contributed by atoms with Crippen molar-refractivity contribution >= 4 is 17.0 Å². The Morgan fingerprint density at radius 1 is 1.31 bits per heavy atom. The molecule has 2 rings (SSSR count). The van der Waals surface area contributed by atoms with Crippen molar-refractivity contribution in [3.8, 4) is 0 Å². The lowest BCUT2D eigenvalue weighted by Crippen LogP contribution is -1.92. The fourth-order valence-corrected chi connectivity index (χ4v) is 1.78. The van der Waals surface area contributed by atoms with E-state index in [9.17, 15) is 4.39 Å². The second-order valence-electron chi connectivity index (χ2n) is 3.72. The number of benzene rings is 1. The third-order valence-electron chi connectivity index (χ3n) is 2.60. The van der Waals surface area contributed by atoms with Crippen molar-refractivity contribution in [3.63, 3.8) is 0 Å². The van der Waals surface area contributed by atoms with Crippen LogP contribution in [0, 0.1) is 5.82 Å². The summed E-state index contributed by atoms with van der Waals surface area (Å²) < 4.78 is 13.1. The Bertz CT molecular complexity index is 544. The van der Waals surface area contributed by atoms with Gasteiger partial charge in [0.2, 0.25) is 0 Å². The maximum atomic E-state index is 13.1. The van der Waals surface area contributed by atoms with Crippen molar-refractivity contribution in [1.29, 1.82) is 0 Å². The molecule has 0 aliphatic rings. The van der Waals surface area contributed by atoms with Crippen LogP contribution in [0.2, 0.25) is 0 Å². The number of fused-ring (bicyclic) bond motifs is 1. The lowest BCUT2D eigenvalue weighted by Gasteiger charge is -2.05. The number of nitrogens with zero attached hydrogens (tertiary/aromatic N) is 1. The molecule has 0 spiro atoms. The van der Waals surface area contributed by atoms with Crippen LogP contribution in [0.1, 0.15) is 25.1 Å². The summed E-state index contributed by atoms with van der Waals surface area (Å²) in [6, 6.07) is 6.80. The Kier molecular flexibility index (Phi) is 3.00. The summed E-state index contributed by atoms with van der Waals surface area (Å²) in [6.45, 7) is 4.05. The van der Waals surface area contributed by atoms with Crippen LogP contribution < -0.4 is 0 Å². The van der Waals surface area contributed by atoms with Gasteiger partial charge in [0.05, 0.1) is 11.2 Å². The molecule has 0 fully saturated rings. The van der Waals surface area contributed by atoms with Crippen molar-refractivity contribution in [3.05, 3.63) is 47.4 Å². The van der Waals surface area contributed by atoms with E-state index in [0.29, 0.717) is 5.52 Å². The smallest absolute Gasteiger partial charge is 0.125 e. The SMILES string of the molecule is C/C=C/c1nc2cc(F)ccc2cc1CC. The van der Waals surface area contributed by atoms with Gasteiger partial charge in [0.15, 0.2) is 0 Å². The van der Waals surface area contributed by atoms with Gasteiger partial charge in [0.1, 0.15) is 5.82 Å². The van der Waals surface area contributed by atoms with Gasteiger partial charge in [-0.05, 0) is 43.2 Å². The molecule has 0 aliphatic heterocycles. The van der Waals surface area contributed by atoms with Crippen molar-refractivity contribution in [2.45, 2.75) is 20.3 Å². The molecule has 0 amide bonds. The molecule has 0 saturated heterocycles. The van der Waals surface area contributed by atoms with E-state index in [0.717, 1.165) is 17.5 Å². The zero-order valence-electron chi connectivity index (χ0n) is 9.50. The van der Waals surface area contributed by atoms with Gasteiger partial charge in [-0.1, -0.05) is 13.0 Å². The molecule has 82 valence electrons. The number of aromatic nitrogens is 1. The molecule has 2 heteroatoms. The van der Waals surface area contributed by atoms with Crippen LogP contribution in [0.25, 0.3) is 17.0 Å².